The molecular weight excluding hydrogens is 290 g/mol. The molecule has 0 spiro atoms. The number of anilines is 1. The zero-order valence-electron chi connectivity index (χ0n) is 14.1. The zero-order chi connectivity index (χ0) is 15.4. The van der Waals surface area contributed by atoms with E-state index in [2.05, 4.69) is 47.0 Å². The molecule has 0 atom stereocenters. The third-order valence-electron chi connectivity index (χ3n) is 4.88. The summed E-state index contributed by atoms with van der Waals surface area (Å²) in [6.45, 7) is 6.21. The fraction of sp³-hybridized carbons (Fsp3) is 0.667. The van der Waals surface area contributed by atoms with Gasteiger partial charge in [0.05, 0.1) is 11.6 Å². The molecule has 1 fully saturated rings. The van der Waals surface area contributed by atoms with Crippen molar-refractivity contribution >= 4 is 17.4 Å². The van der Waals surface area contributed by atoms with E-state index in [0.29, 0.717) is 0 Å². The van der Waals surface area contributed by atoms with Crippen LogP contribution in [0.4, 0.5) is 5.69 Å². The summed E-state index contributed by atoms with van der Waals surface area (Å²) in [5, 5.41) is 0. The lowest BCUT2D eigenvalue weighted by atomic mass is 10.1. The first-order chi connectivity index (χ1) is 10.7. The summed E-state index contributed by atoms with van der Waals surface area (Å²) in [5.74, 6) is 1.09. The molecule has 0 radical (unpaired) electrons. The average molecular weight is 320 g/mol. The number of likely N-dealkylation sites (N-methyl/N-ethyl adjacent to an activating group) is 1. The van der Waals surface area contributed by atoms with Crippen molar-refractivity contribution in [3.05, 3.63) is 23.8 Å². The van der Waals surface area contributed by atoms with Crippen LogP contribution in [0.15, 0.2) is 23.1 Å². The van der Waals surface area contributed by atoms with E-state index in [-0.39, 0.29) is 0 Å². The molecule has 0 aromatic heterocycles. The lowest BCUT2D eigenvalue weighted by molar-refractivity contribution is 0.197. The smallest absolute Gasteiger partial charge is 0.0683 e. The number of piperidine rings is 1. The SMILES string of the molecule is CN(CCc1ccc2c(c1)SCN2C)CCN1CCCCC1. The van der Waals surface area contributed by atoms with Crippen LogP contribution in [0.3, 0.4) is 0 Å². The second kappa shape index (κ2) is 7.71. The molecule has 22 heavy (non-hydrogen) atoms. The standard InChI is InChI=1S/C18H29N3S/c1-19(12-13-21-9-4-3-5-10-21)11-8-16-6-7-17-18(14-16)22-15-20(17)2/h6-7,14H,3-5,8-13,15H2,1-2H3. The van der Waals surface area contributed by atoms with Crippen LogP contribution in [0.1, 0.15) is 24.8 Å². The highest BCUT2D eigenvalue weighted by Crippen LogP contribution is 2.37. The lowest BCUT2D eigenvalue weighted by Gasteiger charge is -2.28. The molecular formula is C18H29N3S. The molecule has 122 valence electrons. The Balaban J connectivity index is 1.42. The summed E-state index contributed by atoms with van der Waals surface area (Å²) < 4.78 is 0. The molecule has 2 aliphatic heterocycles. The van der Waals surface area contributed by atoms with Gasteiger partial charge in [0.2, 0.25) is 0 Å². The van der Waals surface area contributed by atoms with Crippen LogP contribution in [0.25, 0.3) is 0 Å². The van der Waals surface area contributed by atoms with E-state index in [9.17, 15) is 0 Å². The highest BCUT2D eigenvalue weighted by Gasteiger charge is 2.16. The van der Waals surface area contributed by atoms with E-state index in [1.165, 1.54) is 61.6 Å². The summed E-state index contributed by atoms with van der Waals surface area (Å²) in [7, 11) is 4.44. The Morgan fingerprint density at radius 1 is 1.14 bits per heavy atom. The molecule has 0 amide bonds. The summed E-state index contributed by atoms with van der Waals surface area (Å²) in [5.41, 5.74) is 2.87. The van der Waals surface area contributed by atoms with Gasteiger partial charge in [-0.2, -0.15) is 0 Å². The van der Waals surface area contributed by atoms with Crippen LogP contribution in [0.5, 0.6) is 0 Å². The van der Waals surface area contributed by atoms with Gasteiger partial charge in [-0.3, -0.25) is 0 Å². The highest BCUT2D eigenvalue weighted by molar-refractivity contribution is 7.99. The Morgan fingerprint density at radius 3 is 2.77 bits per heavy atom. The van der Waals surface area contributed by atoms with Crippen molar-refractivity contribution in [3.63, 3.8) is 0 Å². The largest absolute Gasteiger partial charge is 0.364 e. The fourth-order valence-corrected chi connectivity index (χ4v) is 4.39. The first-order valence-electron chi connectivity index (χ1n) is 8.60. The van der Waals surface area contributed by atoms with Gasteiger partial charge in [0.15, 0.2) is 0 Å². The van der Waals surface area contributed by atoms with Crippen molar-refractivity contribution in [1.29, 1.82) is 0 Å². The van der Waals surface area contributed by atoms with Crippen molar-refractivity contribution in [3.8, 4) is 0 Å². The maximum absolute atomic E-state index is 2.63. The van der Waals surface area contributed by atoms with Gasteiger partial charge in [0.25, 0.3) is 0 Å². The predicted molar refractivity (Wildman–Crippen MR) is 97.1 cm³/mol. The number of rotatable bonds is 6. The summed E-state index contributed by atoms with van der Waals surface area (Å²) >= 11 is 1.96. The van der Waals surface area contributed by atoms with Gasteiger partial charge >= 0.3 is 0 Å². The van der Waals surface area contributed by atoms with Crippen molar-refractivity contribution in [2.45, 2.75) is 30.6 Å². The number of likely N-dealkylation sites (tertiary alicyclic amines) is 1. The fourth-order valence-electron chi connectivity index (χ4n) is 3.31. The normalized spacial score (nSPS) is 19.0. The quantitative estimate of drug-likeness (QED) is 0.796. The first kappa shape index (κ1) is 16.2. The van der Waals surface area contributed by atoms with E-state index >= 15 is 0 Å². The average Bonchev–Trinajstić information content (AvgIpc) is 2.93. The number of fused-ring (bicyclic) bond motifs is 1. The van der Waals surface area contributed by atoms with E-state index in [1.54, 1.807) is 0 Å². The van der Waals surface area contributed by atoms with E-state index < -0.39 is 0 Å². The molecule has 3 nitrogen and oxygen atoms in total. The number of hydrogen-bond acceptors (Lipinski definition) is 4. The maximum atomic E-state index is 2.63. The molecule has 2 aliphatic rings. The van der Waals surface area contributed by atoms with Gasteiger partial charge in [-0.15, -0.1) is 11.8 Å². The number of benzene rings is 1. The van der Waals surface area contributed by atoms with Crippen molar-refractivity contribution in [2.24, 2.45) is 0 Å². The number of thioether (sulfide) groups is 1. The molecule has 0 N–H and O–H groups in total. The molecule has 0 saturated carbocycles. The lowest BCUT2D eigenvalue weighted by Crippen LogP contribution is -2.37. The molecule has 1 saturated heterocycles. The van der Waals surface area contributed by atoms with Crippen molar-refractivity contribution in [2.75, 3.05) is 57.6 Å². The maximum Gasteiger partial charge on any atom is 0.0683 e. The van der Waals surface area contributed by atoms with Crippen LogP contribution >= 0.6 is 11.8 Å². The molecule has 0 aliphatic carbocycles. The molecule has 0 bridgehead atoms. The summed E-state index contributed by atoms with van der Waals surface area (Å²) in [4.78, 5) is 8.90. The second-order valence-corrected chi connectivity index (χ2v) is 7.72. The first-order valence-corrected chi connectivity index (χ1v) is 9.59. The van der Waals surface area contributed by atoms with Crippen LogP contribution in [-0.2, 0) is 6.42 Å². The van der Waals surface area contributed by atoms with Crippen molar-refractivity contribution < 1.29 is 0 Å². The minimum absolute atomic E-state index is 1.09. The molecule has 1 aromatic rings. The van der Waals surface area contributed by atoms with Gasteiger partial charge < -0.3 is 14.7 Å². The molecule has 0 unspecified atom stereocenters. The topological polar surface area (TPSA) is 9.72 Å². The Kier molecular flexibility index (Phi) is 5.66. The monoisotopic (exact) mass is 319 g/mol. The van der Waals surface area contributed by atoms with Crippen LogP contribution in [0.2, 0.25) is 0 Å². The second-order valence-electron chi connectivity index (χ2n) is 6.73. The third kappa shape index (κ3) is 4.18. The van der Waals surface area contributed by atoms with Crippen LogP contribution < -0.4 is 4.90 Å². The molecule has 4 heteroatoms. The molecule has 3 rings (SSSR count). The van der Waals surface area contributed by atoms with Gasteiger partial charge in [0.1, 0.15) is 0 Å². The van der Waals surface area contributed by atoms with Crippen LogP contribution in [-0.4, -0.2) is 62.5 Å². The van der Waals surface area contributed by atoms with Gasteiger partial charge in [0, 0.05) is 31.6 Å². The number of hydrogen-bond donors (Lipinski definition) is 0. The van der Waals surface area contributed by atoms with Crippen molar-refractivity contribution in [1.82, 2.24) is 9.80 Å². The van der Waals surface area contributed by atoms with Gasteiger partial charge in [-0.05, 0) is 57.1 Å². The van der Waals surface area contributed by atoms with E-state index in [1.807, 2.05) is 11.8 Å². The zero-order valence-corrected chi connectivity index (χ0v) is 14.9. The minimum Gasteiger partial charge on any atom is -0.364 e. The summed E-state index contributed by atoms with van der Waals surface area (Å²) in [6.07, 6.45) is 5.38. The predicted octanol–water partition coefficient (Wildman–Crippen LogP) is 3.15. The third-order valence-corrected chi connectivity index (χ3v) is 6.03. The van der Waals surface area contributed by atoms with Gasteiger partial charge in [-0.25, -0.2) is 0 Å². The van der Waals surface area contributed by atoms with Crippen LogP contribution in [0, 0.1) is 0 Å². The van der Waals surface area contributed by atoms with E-state index in [4.69, 9.17) is 0 Å². The highest BCUT2D eigenvalue weighted by atomic mass is 32.2. The molecule has 1 aromatic carbocycles. The van der Waals surface area contributed by atoms with Gasteiger partial charge in [-0.1, -0.05) is 12.5 Å². The minimum atomic E-state index is 1.09. The Bertz CT molecular complexity index is 485. The Hall–Kier alpha value is -0.710. The Morgan fingerprint density at radius 2 is 1.95 bits per heavy atom. The number of nitrogens with zero attached hydrogens (tertiary/aromatic N) is 3. The molecule has 2 heterocycles. The summed E-state index contributed by atoms with van der Waals surface area (Å²) in [6, 6.07) is 6.99. The Labute approximate surface area is 139 Å². The van der Waals surface area contributed by atoms with E-state index in [0.717, 1.165) is 18.8 Å².